The van der Waals surface area contributed by atoms with Crippen LogP contribution in [0.1, 0.15) is 16.2 Å². The number of aryl methyl sites for hydroxylation is 1. The third kappa shape index (κ3) is 2.20. The summed E-state index contributed by atoms with van der Waals surface area (Å²) in [6.07, 6.45) is 1.56. The van der Waals surface area contributed by atoms with Crippen LogP contribution in [-0.2, 0) is 0 Å². The van der Waals surface area contributed by atoms with E-state index < -0.39 is 5.97 Å². The van der Waals surface area contributed by atoms with Crippen molar-refractivity contribution in [3.8, 4) is 11.4 Å². The third-order valence-corrected chi connectivity index (χ3v) is 2.04. The number of carbonyl (C=O) groups is 1. The lowest BCUT2D eigenvalue weighted by Gasteiger charge is -1.99. The van der Waals surface area contributed by atoms with Crippen LogP contribution in [-0.4, -0.2) is 26.0 Å². The topological polar surface area (TPSA) is 78.9 Å². The van der Waals surface area contributed by atoms with Gasteiger partial charge in [-0.2, -0.15) is 0 Å². The molecule has 0 spiro atoms. The molecule has 0 radical (unpaired) electrons. The zero-order valence-electron chi connectivity index (χ0n) is 8.47. The number of halogens is 1. The fourth-order valence-electron chi connectivity index (χ4n) is 1.30. The van der Waals surface area contributed by atoms with Gasteiger partial charge in [0.05, 0.1) is 12.0 Å². The van der Waals surface area contributed by atoms with Crippen molar-refractivity contribution in [2.24, 2.45) is 0 Å². The molecular weight excluding hydrogens is 230 g/mol. The van der Waals surface area contributed by atoms with Gasteiger partial charge in [0.15, 0.2) is 0 Å². The molecular formula is C10H10ClN3O2. The number of hydrogen-bond acceptors (Lipinski definition) is 3. The van der Waals surface area contributed by atoms with Gasteiger partial charge in [-0.3, -0.25) is 0 Å². The van der Waals surface area contributed by atoms with Crippen molar-refractivity contribution in [1.82, 2.24) is 15.0 Å². The van der Waals surface area contributed by atoms with E-state index in [1.807, 2.05) is 6.92 Å². The minimum absolute atomic E-state index is 0. The van der Waals surface area contributed by atoms with Crippen LogP contribution in [0.15, 0.2) is 24.5 Å². The van der Waals surface area contributed by atoms with Crippen molar-refractivity contribution >= 4 is 18.4 Å². The first-order valence-electron chi connectivity index (χ1n) is 4.39. The molecule has 6 heteroatoms. The lowest BCUT2D eigenvalue weighted by atomic mass is 10.2. The third-order valence-electron chi connectivity index (χ3n) is 2.04. The van der Waals surface area contributed by atoms with Crippen molar-refractivity contribution in [3.63, 3.8) is 0 Å². The average molecular weight is 240 g/mol. The molecule has 0 bridgehead atoms. The standard InChI is InChI=1S/C10H9N3O2.ClH/c1-6-9(12-5-11-6)7-3-2-4-8(13-7)10(14)15;/h2-5H,1H3,(H,11,12)(H,14,15);1H. The first kappa shape index (κ1) is 12.2. The Balaban J connectivity index is 0.00000128. The lowest BCUT2D eigenvalue weighted by Crippen LogP contribution is -2.00. The van der Waals surface area contributed by atoms with E-state index in [0.29, 0.717) is 11.4 Å². The minimum atomic E-state index is -1.04. The van der Waals surface area contributed by atoms with E-state index in [1.54, 1.807) is 18.5 Å². The number of rotatable bonds is 2. The summed E-state index contributed by atoms with van der Waals surface area (Å²) in [5, 5.41) is 8.79. The van der Waals surface area contributed by atoms with Gasteiger partial charge in [0, 0.05) is 5.69 Å². The van der Waals surface area contributed by atoms with Crippen LogP contribution in [0.2, 0.25) is 0 Å². The lowest BCUT2D eigenvalue weighted by molar-refractivity contribution is 0.0690. The molecule has 0 aliphatic heterocycles. The van der Waals surface area contributed by atoms with Gasteiger partial charge >= 0.3 is 5.97 Å². The molecule has 2 aromatic heterocycles. The summed E-state index contributed by atoms with van der Waals surface area (Å²) < 4.78 is 0. The molecule has 2 heterocycles. The molecule has 16 heavy (non-hydrogen) atoms. The number of carboxylic acid groups (broad SMARTS) is 1. The number of nitrogens with zero attached hydrogens (tertiary/aromatic N) is 2. The van der Waals surface area contributed by atoms with E-state index in [0.717, 1.165) is 5.69 Å². The number of H-pyrrole nitrogens is 1. The SMILES string of the molecule is Cc1[nH]cnc1-c1cccc(C(=O)O)n1.Cl. The summed E-state index contributed by atoms with van der Waals surface area (Å²) in [5.74, 6) is -1.04. The van der Waals surface area contributed by atoms with E-state index in [1.165, 1.54) is 6.07 Å². The van der Waals surface area contributed by atoms with Gasteiger partial charge in [-0.1, -0.05) is 6.07 Å². The molecule has 0 saturated carbocycles. The molecule has 0 aromatic carbocycles. The molecule has 5 nitrogen and oxygen atoms in total. The van der Waals surface area contributed by atoms with Crippen molar-refractivity contribution in [1.29, 1.82) is 0 Å². The maximum atomic E-state index is 10.7. The predicted molar refractivity (Wildman–Crippen MR) is 60.8 cm³/mol. The summed E-state index contributed by atoms with van der Waals surface area (Å²) in [6, 6.07) is 4.84. The van der Waals surface area contributed by atoms with E-state index in [4.69, 9.17) is 5.11 Å². The fourth-order valence-corrected chi connectivity index (χ4v) is 1.30. The van der Waals surface area contributed by atoms with Crippen LogP contribution in [0.25, 0.3) is 11.4 Å². The van der Waals surface area contributed by atoms with E-state index in [2.05, 4.69) is 15.0 Å². The maximum absolute atomic E-state index is 10.7. The van der Waals surface area contributed by atoms with Crippen molar-refractivity contribution in [2.75, 3.05) is 0 Å². The first-order chi connectivity index (χ1) is 7.18. The average Bonchev–Trinajstić information content (AvgIpc) is 2.64. The number of aromatic carboxylic acids is 1. The van der Waals surface area contributed by atoms with E-state index in [9.17, 15) is 4.79 Å². The number of nitrogens with one attached hydrogen (secondary N) is 1. The molecule has 0 atom stereocenters. The molecule has 0 unspecified atom stereocenters. The van der Waals surface area contributed by atoms with Gasteiger partial charge in [0.1, 0.15) is 11.4 Å². The molecule has 0 fully saturated rings. The monoisotopic (exact) mass is 239 g/mol. The zero-order valence-corrected chi connectivity index (χ0v) is 9.28. The number of pyridine rings is 1. The highest BCUT2D eigenvalue weighted by Gasteiger charge is 2.09. The Morgan fingerprint density at radius 2 is 2.19 bits per heavy atom. The number of carboxylic acids is 1. The van der Waals surface area contributed by atoms with Crippen LogP contribution in [0.5, 0.6) is 0 Å². The smallest absolute Gasteiger partial charge is 0.354 e. The Morgan fingerprint density at radius 1 is 1.44 bits per heavy atom. The molecule has 0 aliphatic rings. The zero-order chi connectivity index (χ0) is 10.8. The highest BCUT2D eigenvalue weighted by atomic mass is 35.5. The highest BCUT2D eigenvalue weighted by Crippen LogP contribution is 2.17. The number of hydrogen-bond donors (Lipinski definition) is 2. The summed E-state index contributed by atoms with van der Waals surface area (Å²) >= 11 is 0. The second-order valence-corrected chi connectivity index (χ2v) is 3.09. The van der Waals surface area contributed by atoms with Crippen molar-refractivity contribution in [3.05, 3.63) is 35.9 Å². The van der Waals surface area contributed by atoms with Gasteiger partial charge < -0.3 is 10.1 Å². The van der Waals surface area contributed by atoms with Gasteiger partial charge in [-0.15, -0.1) is 12.4 Å². The highest BCUT2D eigenvalue weighted by molar-refractivity contribution is 5.86. The predicted octanol–water partition coefficient (Wildman–Crippen LogP) is 1.90. The summed E-state index contributed by atoms with van der Waals surface area (Å²) in [6.45, 7) is 1.86. The first-order valence-corrected chi connectivity index (χ1v) is 4.39. The molecule has 0 amide bonds. The summed E-state index contributed by atoms with van der Waals surface area (Å²) in [5.41, 5.74) is 2.13. The number of aromatic amines is 1. The van der Waals surface area contributed by atoms with E-state index >= 15 is 0 Å². The summed E-state index contributed by atoms with van der Waals surface area (Å²) in [7, 11) is 0. The molecule has 2 aromatic rings. The molecule has 84 valence electrons. The Kier molecular flexibility index (Phi) is 3.63. The molecule has 0 aliphatic carbocycles. The Hall–Kier alpha value is -1.88. The fraction of sp³-hybridized carbons (Fsp3) is 0.100. The van der Waals surface area contributed by atoms with Crippen molar-refractivity contribution in [2.45, 2.75) is 6.92 Å². The largest absolute Gasteiger partial charge is 0.477 e. The van der Waals surface area contributed by atoms with Gasteiger partial charge in [-0.05, 0) is 19.1 Å². The minimum Gasteiger partial charge on any atom is -0.477 e. The van der Waals surface area contributed by atoms with Gasteiger partial charge in [0.25, 0.3) is 0 Å². The van der Waals surface area contributed by atoms with Crippen molar-refractivity contribution < 1.29 is 9.90 Å². The van der Waals surface area contributed by atoms with Crippen LogP contribution >= 0.6 is 12.4 Å². The maximum Gasteiger partial charge on any atom is 0.354 e. The second kappa shape index (κ2) is 4.76. The number of aromatic nitrogens is 3. The van der Waals surface area contributed by atoms with E-state index in [-0.39, 0.29) is 18.1 Å². The molecule has 2 rings (SSSR count). The number of imidazole rings is 1. The van der Waals surface area contributed by atoms with Crippen LogP contribution in [0.3, 0.4) is 0 Å². The summed E-state index contributed by atoms with van der Waals surface area (Å²) in [4.78, 5) is 21.7. The second-order valence-electron chi connectivity index (χ2n) is 3.09. The molecule has 0 saturated heterocycles. The van der Waals surface area contributed by atoms with Crippen LogP contribution in [0.4, 0.5) is 0 Å². The molecule has 2 N–H and O–H groups in total. The van der Waals surface area contributed by atoms with Gasteiger partial charge in [0.2, 0.25) is 0 Å². The Labute approximate surface area is 98.0 Å². The Bertz CT molecular complexity index is 510. The quantitative estimate of drug-likeness (QED) is 0.839. The normalized spacial score (nSPS) is 9.56. The van der Waals surface area contributed by atoms with Gasteiger partial charge in [-0.25, -0.2) is 14.8 Å². The van der Waals surface area contributed by atoms with Crippen LogP contribution < -0.4 is 0 Å². The van der Waals surface area contributed by atoms with Crippen LogP contribution in [0, 0.1) is 6.92 Å². The Morgan fingerprint density at radius 3 is 2.75 bits per heavy atom.